The zero-order chi connectivity index (χ0) is 12.5. The number of hydrogen-bond donors (Lipinski definition) is 1. The second-order valence-corrected chi connectivity index (χ2v) is 7.43. The molecular weight excluding hydrogens is 234 g/mol. The molecule has 0 bridgehead atoms. The molecule has 0 saturated carbocycles. The van der Waals surface area contributed by atoms with Crippen LogP contribution in [0, 0.1) is 6.92 Å². The van der Waals surface area contributed by atoms with E-state index in [-0.39, 0.29) is 11.3 Å². The lowest BCUT2D eigenvalue weighted by Gasteiger charge is -2.24. The standard InChI is InChI=1S/C13H19NO2S/c1-11-3-5-12(6-4-11)9-14-13(2)7-8-17(15,16)10-13/h3-6,14H,7-10H2,1-2H3/t13-/m0/s1. The van der Waals surface area contributed by atoms with Crippen molar-refractivity contribution >= 4 is 9.84 Å². The lowest BCUT2D eigenvalue weighted by molar-refractivity contribution is 0.395. The molecule has 0 amide bonds. The third-order valence-corrected chi connectivity index (χ3v) is 5.25. The van der Waals surface area contributed by atoms with Crippen molar-refractivity contribution in [3.8, 4) is 0 Å². The van der Waals surface area contributed by atoms with Gasteiger partial charge in [0.15, 0.2) is 9.84 Å². The summed E-state index contributed by atoms with van der Waals surface area (Å²) in [7, 11) is -2.83. The summed E-state index contributed by atoms with van der Waals surface area (Å²) in [5, 5.41) is 3.37. The molecule has 1 aromatic carbocycles. The Labute approximate surface area is 103 Å². The fourth-order valence-electron chi connectivity index (χ4n) is 2.17. The zero-order valence-electron chi connectivity index (χ0n) is 10.4. The first kappa shape index (κ1) is 12.6. The minimum atomic E-state index is -2.83. The quantitative estimate of drug-likeness (QED) is 0.891. The summed E-state index contributed by atoms with van der Waals surface area (Å²) in [5.74, 6) is 0.566. The van der Waals surface area contributed by atoms with Crippen LogP contribution in [0.2, 0.25) is 0 Å². The highest BCUT2D eigenvalue weighted by atomic mass is 32.2. The van der Waals surface area contributed by atoms with Crippen LogP contribution in [0.5, 0.6) is 0 Å². The van der Waals surface area contributed by atoms with Crippen LogP contribution in [0.3, 0.4) is 0 Å². The van der Waals surface area contributed by atoms with Gasteiger partial charge >= 0.3 is 0 Å². The lowest BCUT2D eigenvalue weighted by atomic mass is 10.0. The molecule has 1 fully saturated rings. The van der Waals surface area contributed by atoms with Crippen molar-refractivity contribution in [1.82, 2.24) is 5.32 Å². The summed E-state index contributed by atoms with van der Waals surface area (Å²) in [6, 6.07) is 8.31. The molecule has 1 aromatic rings. The number of aryl methyl sites for hydroxylation is 1. The summed E-state index contributed by atoms with van der Waals surface area (Å²) in [5.41, 5.74) is 2.17. The van der Waals surface area contributed by atoms with Crippen molar-refractivity contribution < 1.29 is 8.42 Å². The van der Waals surface area contributed by atoms with E-state index in [2.05, 4.69) is 36.5 Å². The van der Waals surface area contributed by atoms with Gasteiger partial charge < -0.3 is 5.32 Å². The summed E-state index contributed by atoms with van der Waals surface area (Å²) in [6.45, 7) is 4.78. The van der Waals surface area contributed by atoms with Gasteiger partial charge in [-0.25, -0.2) is 8.42 Å². The Bertz CT molecular complexity index is 493. The topological polar surface area (TPSA) is 46.2 Å². The highest BCUT2D eigenvalue weighted by molar-refractivity contribution is 7.91. The van der Waals surface area contributed by atoms with Crippen molar-refractivity contribution in [2.24, 2.45) is 0 Å². The molecule has 0 aromatic heterocycles. The molecular formula is C13H19NO2S. The van der Waals surface area contributed by atoms with E-state index in [4.69, 9.17) is 0 Å². The first-order valence-corrected chi connectivity index (χ1v) is 7.72. The molecule has 0 unspecified atom stereocenters. The molecule has 4 heteroatoms. The Morgan fingerprint density at radius 3 is 2.47 bits per heavy atom. The normalized spacial score (nSPS) is 27.2. The van der Waals surface area contributed by atoms with E-state index >= 15 is 0 Å². The minimum absolute atomic E-state index is 0.256. The van der Waals surface area contributed by atoms with Crippen molar-refractivity contribution in [3.63, 3.8) is 0 Å². The van der Waals surface area contributed by atoms with Crippen LogP contribution in [0.25, 0.3) is 0 Å². The molecule has 1 heterocycles. The number of rotatable bonds is 3. The van der Waals surface area contributed by atoms with Gasteiger partial charge in [-0.05, 0) is 25.8 Å². The van der Waals surface area contributed by atoms with E-state index in [1.165, 1.54) is 11.1 Å². The molecule has 94 valence electrons. The first-order valence-electron chi connectivity index (χ1n) is 5.90. The van der Waals surface area contributed by atoms with Gasteiger partial charge in [0.25, 0.3) is 0 Å². The molecule has 1 N–H and O–H groups in total. The number of benzene rings is 1. The SMILES string of the molecule is Cc1ccc(CN[C@@]2(C)CCS(=O)(=O)C2)cc1. The van der Waals surface area contributed by atoms with Crippen LogP contribution in [0.4, 0.5) is 0 Å². The molecule has 1 aliphatic rings. The number of nitrogens with one attached hydrogen (secondary N) is 1. The smallest absolute Gasteiger partial charge is 0.152 e. The maximum atomic E-state index is 11.5. The van der Waals surface area contributed by atoms with Crippen molar-refractivity contribution in [2.75, 3.05) is 11.5 Å². The molecule has 2 rings (SSSR count). The van der Waals surface area contributed by atoms with Gasteiger partial charge in [-0.15, -0.1) is 0 Å². The second kappa shape index (κ2) is 4.42. The summed E-state index contributed by atoms with van der Waals surface area (Å²) in [4.78, 5) is 0. The zero-order valence-corrected chi connectivity index (χ0v) is 11.2. The molecule has 0 spiro atoms. The molecule has 1 aliphatic heterocycles. The maximum Gasteiger partial charge on any atom is 0.152 e. The van der Waals surface area contributed by atoms with Crippen LogP contribution in [-0.2, 0) is 16.4 Å². The Hall–Kier alpha value is -0.870. The molecule has 1 saturated heterocycles. The highest BCUT2D eigenvalue weighted by Gasteiger charge is 2.37. The van der Waals surface area contributed by atoms with Gasteiger partial charge in [-0.2, -0.15) is 0 Å². The van der Waals surface area contributed by atoms with Gasteiger partial charge in [0.2, 0.25) is 0 Å². The molecule has 3 nitrogen and oxygen atoms in total. The average molecular weight is 253 g/mol. The van der Waals surface area contributed by atoms with E-state index in [0.717, 1.165) is 6.54 Å². The Balaban J connectivity index is 1.97. The van der Waals surface area contributed by atoms with Crippen LogP contribution in [0.1, 0.15) is 24.5 Å². The Kier molecular flexibility index (Phi) is 3.27. The summed E-state index contributed by atoms with van der Waals surface area (Å²) >= 11 is 0. The minimum Gasteiger partial charge on any atom is -0.306 e. The first-order chi connectivity index (χ1) is 7.89. The third kappa shape index (κ3) is 3.30. The van der Waals surface area contributed by atoms with E-state index in [0.29, 0.717) is 12.2 Å². The van der Waals surface area contributed by atoms with Crippen molar-refractivity contribution in [1.29, 1.82) is 0 Å². The van der Waals surface area contributed by atoms with E-state index in [1.54, 1.807) is 0 Å². The average Bonchev–Trinajstić information content (AvgIpc) is 2.53. The summed E-state index contributed by atoms with van der Waals surface area (Å²) < 4.78 is 22.9. The Morgan fingerprint density at radius 2 is 1.94 bits per heavy atom. The molecule has 1 atom stereocenters. The van der Waals surface area contributed by atoms with Gasteiger partial charge in [0.1, 0.15) is 0 Å². The fraction of sp³-hybridized carbons (Fsp3) is 0.538. The lowest BCUT2D eigenvalue weighted by Crippen LogP contribution is -2.42. The predicted molar refractivity (Wildman–Crippen MR) is 69.7 cm³/mol. The molecule has 0 radical (unpaired) electrons. The maximum absolute atomic E-state index is 11.5. The monoisotopic (exact) mass is 253 g/mol. The van der Waals surface area contributed by atoms with Crippen LogP contribution in [0.15, 0.2) is 24.3 Å². The van der Waals surface area contributed by atoms with Crippen LogP contribution >= 0.6 is 0 Å². The van der Waals surface area contributed by atoms with E-state index in [9.17, 15) is 8.42 Å². The van der Waals surface area contributed by atoms with Crippen LogP contribution in [-0.4, -0.2) is 25.5 Å². The molecule has 0 aliphatic carbocycles. The van der Waals surface area contributed by atoms with E-state index in [1.807, 2.05) is 6.92 Å². The van der Waals surface area contributed by atoms with Gasteiger partial charge in [-0.1, -0.05) is 29.8 Å². The predicted octanol–water partition coefficient (Wildman–Crippen LogP) is 1.66. The highest BCUT2D eigenvalue weighted by Crippen LogP contribution is 2.23. The van der Waals surface area contributed by atoms with Crippen LogP contribution < -0.4 is 5.32 Å². The van der Waals surface area contributed by atoms with E-state index < -0.39 is 9.84 Å². The van der Waals surface area contributed by atoms with Gasteiger partial charge in [-0.3, -0.25) is 0 Å². The fourth-order valence-corrected chi connectivity index (χ4v) is 4.29. The Morgan fingerprint density at radius 1 is 1.29 bits per heavy atom. The van der Waals surface area contributed by atoms with Gasteiger partial charge in [0.05, 0.1) is 11.5 Å². The molecule has 17 heavy (non-hydrogen) atoms. The second-order valence-electron chi connectivity index (χ2n) is 5.24. The van der Waals surface area contributed by atoms with Gasteiger partial charge in [0, 0.05) is 12.1 Å². The summed E-state index contributed by atoms with van der Waals surface area (Å²) in [6.07, 6.45) is 0.710. The number of sulfone groups is 1. The third-order valence-electron chi connectivity index (χ3n) is 3.34. The van der Waals surface area contributed by atoms with Crippen molar-refractivity contribution in [2.45, 2.75) is 32.4 Å². The van der Waals surface area contributed by atoms with Crippen molar-refractivity contribution in [3.05, 3.63) is 35.4 Å². The number of hydrogen-bond acceptors (Lipinski definition) is 3. The largest absolute Gasteiger partial charge is 0.306 e.